The molecule has 0 saturated carbocycles. The summed E-state index contributed by atoms with van der Waals surface area (Å²) < 4.78 is 24.2. The number of rotatable bonds is 9. The van der Waals surface area contributed by atoms with Crippen LogP contribution < -0.4 is 0 Å². The Balaban J connectivity index is 1.73. The second-order valence-corrected chi connectivity index (χ2v) is 9.39. The van der Waals surface area contributed by atoms with Crippen LogP contribution in [0.5, 0.6) is 0 Å². The molecule has 1 aliphatic heterocycles. The number of morpholine rings is 1. The molecule has 0 N–H and O–H groups in total. The lowest BCUT2D eigenvalue weighted by Crippen LogP contribution is -2.49. The highest BCUT2D eigenvalue weighted by atomic mass is 19.1. The summed E-state index contributed by atoms with van der Waals surface area (Å²) >= 11 is 0. The van der Waals surface area contributed by atoms with Crippen LogP contribution in [0.2, 0.25) is 0 Å². The van der Waals surface area contributed by atoms with Crippen molar-refractivity contribution in [3.05, 3.63) is 59.8 Å². The van der Waals surface area contributed by atoms with E-state index in [4.69, 9.17) is 9.15 Å². The first-order valence-corrected chi connectivity index (χ1v) is 11.4. The third kappa shape index (κ3) is 7.68. The Bertz CT molecular complexity index is 887. The molecule has 7 nitrogen and oxygen atoms in total. The number of benzene rings is 1. The number of ether oxygens (including phenoxy) is 1. The highest BCUT2D eigenvalue weighted by Crippen LogP contribution is 2.19. The largest absolute Gasteiger partial charge is 0.467 e. The molecule has 2 amide bonds. The summed E-state index contributed by atoms with van der Waals surface area (Å²) in [7, 11) is 0. The van der Waals surface area contributed by atoms with Crippen LogP contribution >= 0.6 is 0 Å². The van der Waals surface area contributed by atoms with Gasteiger partial charge in [-0.05, 0) is 29.8 Å². The van der Waals surface area contributed by atoms with E-state index < -0.39 is 5.41 Å². The molecule has 2 heterocycles. The van der Waals surface area contributed by atoms with Gasteiger partial charge in [-0.3, -0.25) is 14.5 Å². The van der Waals surface area contributed by atoms with Gasteiger partial charge in [-0.15, -0.1) is 0 Å². The third-order valence-electron chi connectivity index (χ3n) is 5.61. The number of hydrogen-bond donors (Lipinski definition) is 0. The van der Waals surface area contributed by atoms with Crippen LogP contribution in [0.4, 0.5) is 4.39 Å². The molecule has 0 bridgehead atoms. The zero-order chi connectivity index (χ0) is 23.8. The lowest BCUT2D eigenvalue weighted by atomic mass is 9.94. The Hall–Kier alpha value is -2.71. The number of carbonyl (C=O) groups is 2. The van der Waals surface area contributed by atoms with E-state index in [-0.39, 0.29) is 30.7 Å². The molecule has 1 fully saturated rings. The second kappa shape index (κ2) is 11.4. The highest BCUT2D eigenvalue weighted by molar-refractivity contribution is 5.87. The van der Waals surface area contributed by atoms with Gasteiger partial charge in [0.2, 0.25) is 11.8 Å². The van der Waals surface area contributed by atoms with Gasteiger partial charge in [-0.1, -0.05) is 32.9 Å². The first kappa shape index (κ1) is 24.9. The molecular formula is C25H34FN3O4. The van der Waals surface area contributed by atoms with E-state index in [0.717, 1.165) is 18.7 Å². The Morgan fingerprint density at radius 3 is 2.33 bits per heavy atom. The van der Waals surface area contributed by atoms with E-state index in [2.05, 4.69) is 4.90 Å². The lowest BCUT2D eigenvalue weighted by molar-refractivity contribution is -0.146. The maximum atomic E-state index is 13.4. The fourth-order valence-corrected chi connectivity index (χ4v) is 3.71. The van der Waals surface area contributed by atoms with Crippen molar-refractivity contribution in [3.63, 3.8) is 0 Å². The molecule has 1 aromatic carbocycles. The van der Waals surface area contributed by atoms with Crippen molar-refractivity contribution < 1.29 is 23.1 Å². The van der Waals surface area contributed by atoms with E-state index in [0.29, 0.717) is 38.6 Å². The molecule has 1 saturated heterocycles. The maximum Gasteiger partial charge on any atom is 0.242 e. The summed E-state index contributed by atoms with van der Waals surface area (Å²) in [4.78, 5) is 32.1. The summed E-state index contributed by atoms with van der Waals surface area (Å²) in [5, 5.41) is 0. The fraction of sp³-hybridized carbons (Fsp3) is 0.520. The number of hydrogen-bond acceptors (Lipinski definition) is 5. The van der Waals surface area contributed by atoms with Gasteiger partial charge in [-0.25, -0.2) is 4.39 Å². The smallest absolute Gasteiger partial charge is 0.242 e. The quantitative estimate of drug-likeness (QED) is 0.576. The van der Waals surface area contributed by atoms with Crippen LogP contribution in [-0.4, -0.2) is 72.5 Å². The summed E-state index contributed by atoms with van der Waals surface area (Å²) in [5.41, 5.74) is 0.201. The van der Waals surface area contributed by atoms with Gasteiger partial charge >= 0.3 is 0 Å². The van der Waals surface area contributed by atoms with Crippen molar-refractivity contribution in [2.45, 2.75) is 33.9 Å². The highest BCUT2D eigenvalue weighted by Gasteiger charge is 2.30. The number of halogens is 1. The number of furan rings is 1. The predicted octanol–water partition coefficient (Wildman–Crippen LogP) is 3.15. The molecular weight excluding hydrogens is 425 g/mol. The van der Waals surface area contributed by atoms with E-state index in [1.807, 2.05) is 20.8 Å². The monoisotopic (exact) mass is 459 g/mol. The Morgan fingerprint density at radius 1 is 1.03 bits per heavy atom. The van der Waals surface area contributed by atoms with Crippen molar-refractivity contribution in [3.8, 4) is 0 Å². The number of carbonyl (C=O) groups excluding carboxylic acids is 2. The molecule has 180 valence electrons. The van der Waals surface area contributed by atoms with Crippen LogP contribution in [0.1, 0.15) is 32.1 Å². The van der Waals surface area contributed by atoms with Crippen LogP contribution in [0.25, 0.3) is 0 Å². The second-order valence-electron chi connectivity index (χ2n) is 9.39. The van der Waals surface area contributed by atoms with Gasteiger partial charge in [0, 0.05) is 38.1 Å². The van der Waals surface area contributed by atoms with Gasteiger partial charge in [0.1, 0.15) is 11.6 Å². The lowest BCUT2D eigenvalue weighted by Gasteiger charge is -2.34. The molecule has 0 radical (unpaired) electrons. The van der Waals surface area contributed by atoms with Crippen molar-refractivity contribution >= 4 is 11.8 Å². The molecule has 3 rings (SSSR count). The van der Waals surface area contributed by atoms with Gasteiger partial charge in [0.15, 0.2) is 0 Å². The molecule has 0 atom stereocenters. The molecule has 0 unspecified atom stereocenters. The SMILES string of the molecule is CC(C)(C)C(=O)N(CCN1CCOCC1)CC(=O)N(Cc1ccc(F)cc1)Cc1ccco1. The zero-order valence-electron chi connectivity index (χ0n) is 19.8. The maximum absolute atomic E-state index is 13.4. The Labute approximate surface area is 195 Å². The molecule has 2 aromatic rings. The molecule has 0 spiro atoms. The summed E-state index contributed by atoms with van der Waals surface area (Å²) in [6, 6.07) is 9.66. The van der Waals surface area contributed by atoms with Gasteiger partial charge in [0.25, 0.3) is 0 Å². The van der Waals surface area contributed by atoms with Crippen molar-refractivity contribution in [2.24, 2.45) is 5.41 Å². The molecule has 33 heavy (non-hydrogen) atoms. The van der Waals surface area contributed by atoms with Crippen LogP contribution in [0.3, 0.4) is 0 Å². The standard InChI is InChI=1S/C25H34FN3O4/c1-25(2,3)24(31)28(11-10-27-12-15-32-16-13-27)19-23(30)29(18-22-5-4-14-33-22)17-20-6-8-21(26)9-7-20/h4-9,14H,10-13,15-19H2,1-3H3. The van der Waals surface area contributed by atoms with Crippen molar-refractivity contribution in [1.82, 2.24) is 14.7 Å². The van der Waals surface area contributed by atoms with Gasteiger partial charge in [-0.2, -0.15) is 0 Å². The average molecular weight is 460 g/mol. The van der Waals surface area contributed by atoms with E-state index >= 15 is 0 Å². The van der Waals surface area contributed by atoms with Crippen LogP contribution in [-0.2, 0) is 27.4 Å². The van der Waals surface area contributed by atoms with E-state index in [1.54, 1.807) is 40.3 Å². The van der Waals surface area contributed by atoms with E-state index in [1.165, 1.54) is 12.1 Å². The fourth-order valence-electron chi connectivity index (χ4n) is 3.71. The Morgan fingerprint density at radius 2 is 1.73 bits per heavy atom. The van der Waals surface area contributed by atoms with Crippen LogP contribution in [0, 0.1) is 11.2 Å². The van der Waals surface area contributed by atoms with Gasteiger partial charge in [0.05, 0.1) is 32.6 Å². The number of amides is 2. The van der Waals surface area contributed by atoms with Crippen molar-refractivity contribution in [1.29, 1.82) is 0 Å². The molecule has 1 aromatic heterocycles. The third-order valence-corrected chi connectivity index (χ3v) is 5.61. The van der Waals surface area contributed by atoms with Crippen LogP contribution in [0.15, 0.2) is 47.1 Å². The first-order chi connectivity index (χ1) is 15.7. The minimum Gasteiger partial charge on any atom is -0.467 e. The normalized spacial score (nSPS) is 14.8. The topological polar surface area (TPSA) is 66.2 Å². The Kier molecular flexibility index (Phi) is 8.63. The number of nitrogens with zero attached hydrogens (tertiary/aromatic N) is 3. The summed E-state index contributed by atoms with van der Waals surface area (Å²) in [5.74, 6) is 0.0688. The molecule has 8 heteroatoms. The summed E-state index contributed by atoms with van der Waals surface area (Å²) in [6.07, 6.45) is 1.56. The predicted molar refractivity (Wildman–Crippen MR) is 123 cm³/mol. The minimum atomic E-state index is -0.603. The van der Waals surface area contributed by atoms with Crippen molar-refractivity contribution in [2.75, 3.05) is 45.9 Å². The molecule has 0 aliphatic carbocycles. The first-order valence-electron chi connectivity index (χ1n) is 11.4. The average Bonchev–Trinajstić information content (AvgIpc) is 3.30. The summed E-state index contributed by atoms with van der Waals surface area (Å²) in [6.45, 7) is 10.3. The van der Waals surface area contributed by atoms with E-state index in [9.17, 15) is 14.0 Å². The van der Waals surface area contributed by atoms with Gasteiger partial charge < -0.3 is 19.0 Å². The molecule has 1 aliphatic rings. The minimum absolute atomic E-state index is 0.0254. The zero-order valence-corrected chi connectivity index (χ0v) is 19.8.